The number of piperazine rings is 1. The minimum Gasteiger partial charge on any atom is -0.357 e. The quantitative estimate of drug-likeness (QED) is 0.315. The normalized spacial score (nSPS) is 18.2. The van der Waals surface area contributed by atoms with Gasteiger partial charge in [0.1, 0.15) is 0 Å². The predicted octanol–water partition coefficient (Wildman–Crippen LogP) is 3.76. The number of nitrogens with zero attached hydrogens (tertiary/aromatic N) is 3. The summed E-state index contributed by atoms with van der Waals surface area (Å²) in [5, 5.41) is 6.97. The van der Waals surface area contributed by atoms with E-state index in [1.54, 1.807) is 0 Å². The van der Waals surface area contributed by atoms with Crippen LogP contribution in [-0.4, -0.2) is 68.1 Å². The van der Waals surface area contributed by atoms with E-state index in [9.17, 15) is 0 Å². The van der Waals surface area contributed by atoms with Crippen LogP contribution in [0.15, 0.2) is 29.3 Å². The molecule has 5 nitrogen and oxygen atoms in total. The molecule has 0 radical (unpaired) electrons. The van der Waals surface area contributed by atoms with Crippen LogP contribution in [0, 0.1) is 5.92 Å². The van der Waals surface area contributed by atoms with Gasteiger partial charge in [-0.3, -0.25) is 9.89 Å². The molecule has 1 aliphatic heterocycles. The third kappa shape index (κ3) is 9.22. The fraction of sp³-hybridized carbons (Fsp3) is 0.696. The summed E-state index contributed by atoms with van der Waals surface area (Å²) < 4.78 is 0. The van der Waals surface area contributed by atoms with E-state index in [2.05, 4.69) is 86.4 Å². The van der Waals surface area contributed by atoms with Crippen molar-refractivity contribution in [2.75, 3.05) is 46.3 Å². The Kier molecular flexibility index (Phi) is 12.1. The van der Waals surface area contributed by atoms with Gasteiger partial charge < -0.3 is 15.5 Å². The number of hydrogen-bond donors (Lipinski definition) is 2. The van der Waals surface area contributed by atoms with Crippen LogP contribution in [0.5, 0.6) is 0 Å². The van der Waals surface area contributed by atoms with Gasteiger partial charge in [-0.1, -0.05) is 38.1 Å². The van der Waals surface area contributed by atoms with Gasteiger partial charge in [-0.05, 0) is 51.3 Å². The topological polar surface area (TPSA) is 42.9 Å². The Balaban J connectivity index is 0.00000420. The van der Waals surface area contributed by atoms with Crippen molar-refractivity contribution in [1.29, 1.82) is 0 Å². The number of halogens is 1. The zero-order valence-electron chi connectivity index (χ0n) is 19.2. The molecule has 0 saturated carbocycles. The number of rotatable bonds is 8. The summed E-state index contributed by atoms with van der Waals surface area (Å²) >= 11 is 0. The van der Waals surface area contributed by atoms with Crippen molar-refractivity contribution in [3.05, 3.63) is 35.4 Å². The first-order valence-electron chi connectivity index (χ1n) is 10.9. The second-order valence-corrected chi connectivity index (χ2v) is 8.61. The van der Waals surface area contributed by atoms with Crippen LogP contribution in [0.4, 0.5) is 0 Å². The Morgan fingerprint density at radius 3 is 2.21 bits per heavy atom. The Labute approximate surface area is 195 Å². The molecule has 1 fully saturated rings. The number of guanidine groups is 1. The molecule has 1 aromatic carbocycles. The Hall–Kier alpha value is -0.860. The molecule has 1 saturated heterocycles. The second-order valence-electron chi connectivity index (χ2n) is 8.61. The van der Waals surface area contributed by atoms with Gasteiger partial charge in [-0.15, -0.1) is 24.0 Å². The Morgan fingerprint density at radius 2 is 1.66 bits per heavy atom. The number of likely N-dealkylation sites (N-methyl/N-ethyl adjacent to an activating group) is 1. The molecule has 0 spiro atoms. The van der Waals surface area contributed by atoms with E-state index in [1.165, 1.54) is 11.1 Å². The van der Waals surface area contributed by atoms with Crippen molar-refractivity contribution in [2.45, 2.75) is 53.1 Å². The largest absolute Gasteiger partial charge is 0.357 e. The molecule has 0 aromatic heterocycles. The summed E-state index contributed by atoms with van der Waals surface area (Å²) in [4.78, 5) is 9.81. The lowest BCUT2D eigenvalue weighted by Crippen LogP contribution is -2.49. The molecule has 2 unspecified atom stereocenters. The second kappa shape index (κ2) is 13.4. The summed E-state index contributed by atoms with van der Waals surface area (Å²) in [6.45, 7) is 17.4. The minimum atomic E-state index is 0. The first-order chi connectivity index (χ1) is 13.4. The molecule has 1 aromatic rings. The predicted molar refractivity (Wildman–Crippen MR) is 136 cm³/mol. The fourth-order valence-electron chi connectivity index (χ4n) is 3.62. The number of hydrogen-bond acceptors (Lipinski definition) is 3. The molecule has 2 rings (SSSR count). The van der Waals surface area contributed by atoms with Gasteiger partial charge in [0, 0.05) is 38.8 Å². The highest BCUT2D eigenvalue weighted by Crippen LogP contribution is 2.15. The standard InChI is InChI=1S/C23H41N5.HI/c1-7-24-23(25-17-19(4)28-14-12-27(6)13-15-28)26-20(5)22-10-8-21(9-11-22)16-18(2)3;/h8-11,18-20H,7,12-17H2,1-6H3,(H2,24,25,26);1H. The van der Waals surface area contributed by atoms with Crippen LogP contribution < -0.4 is 10.6 Å². The van der Waals surface area contributed by atoms with Crippen LogP contribution in [0.25, 0.3) is 0 Å². The zero-order chi connectivity index (χ0) is 20.5. The smallest absolute Gasteiger partial charge is 0.191 e. The lowest BCUT2D eigenvalue weighted by molar-refractivity contribution is 0.122. The molecule has 0 bridgehead atoms. The molecule has 2 N–H and O–H groups in total. The first kappa shape index (κ1) is 26.2. The van der Waals surface area contributed by atoms with Crippen LogP contribution in [0.3, 0.4) is 0 Å². The van der Waals surface area contributed by atoms with Gasteiger partial charge >= 0.3 is 0 Å². The van der Waals surface area contributed by atoms with Gasteiger partial charge in [0.15, 0.2) is 5.96 Å². The van der Waals surface area contributed by atoms with E-state index in [1.807, 2.05) is 0 Å². The van der Waals surface area contributed by atoms with Gasteiger partial charge in [-0.25, -0.2) is 0 Å². The van der Waals surface area contributed by atoms with E-state index in [4.69, 9.17) is 4.99 Å². The van der Waals surface area contributed by atoms with Gasteiger partial charge in [-0.2, -0.15) is 0 Å². The van der Waals surface area contributed by atoms with Gasteiger partial charge in [0.05, 0.1) is 12.6 Å². The van der Waals surface area contributed by atoms with Gasteiger partial charge in [0.2, 0.25) is 0 Å². The van der Waals surface area contributed by atoms with Crippen molar-refractivity contribution in [2.24, 2.45) is 10.9 Å². The van der Waals surface area contributed by atoms with Crippen molar-refractivity contribution in [3.8, 4) is 0 Å². The molecule has 6 heteroatoms. The molecule has 29 heavy (non-hydrogen) atoms. The lowest BCUT2D eigenvalue weighted by Gasteiger charge is -2.36. The number of benzene rings is 1. The van der Waals surface area contributed by atoms with E-state index >= 15 is 0 Å². The van der Waals surface area contributed by atoms with Crippen molar-refractivity contribution >= 4 is 29.9 Å². The average Bonchev–Trinajstić information content (AvgIpc) is 2.66. The highest BCUT2D eigenvalue weighted by atomic mass is 127. The van der Waals surface area contributed by atoms with E-state index < -0.39 is 0 Å². The van der Waals surface area contributed by atoms with E-state index in [0.29, 0.717) is 12.0 Å². The molecule has 2 atom stereocenters. The van der Waals surface area contributed by atoms with Gasteiger partial charge in [0.25, 0.3) is 0 Å². The first-order valence-corrected chi connectivity index (χ1v) is 10.9. The third-order valence-corrected chi connectivity index (χ3v) is 5.50. The fourth-order valence-corrected chi connectivity index (χ4v) is 3.62. The zero-order valence-corrected chi connectivity index (χ0v) is 21.6. The molecular formula is C23H42IN5. The van der Waals surface area contributed by atoms with Crippen LogP contribution in [-0.2, 0) is 6.42 Å². The molecule has 0 aliphatic carbocycles. The molecule has 0 amide bonds. The SMILES string of the molecule is CCNC(=NCC(C)N1CCN(C)CC1)NC(C)c1ccc(CC(C)C)cc1.I. The Bertz CT molecular complexity index is 594. The highest BCUT2D eigenvalue weighted by molar-refractivity contribution is 14.0. The maximum atomic E-state index is 4.87. The summed E-state index contributed by atoms with van der Waals surface area (Å²) in [6.07, 6.45) is 1.14. The third-order valence-electron chi connectivity index (χ3n) is 5.50. The lowest BCUT2D eigenvalue weighted by atomic mass is 10.00. The summed E-state index contributed by atoms with van der Waals surface area (Å²) in [6, 6.07) is 9.69. The average molecular weight is 516 g/mol. The molecular weight excluding hydrogens is 473 g/mol. The molecule has 1 heterocycles. The van der Waals surface area contributed by atoms with Crippen LogP contribution in [0.2, 0.25) is 0 Å². The van der Waals surface area contributed by atoms with E-state index in [0.717, 1.165) is 51.6 Å². The summed E-state index contributed by atoms with van der Waals surface area (Å²) in [7, 11) is 2.20. The summed E-state index contributed by atoms with van der Waals surface area (Å²) in [5.41, 5.74) is 2.71. The van der Waals surface area contributed by atoms with Crippen molar-refractivity contribution < 1.29 is 0 Å². The number of nitrogens with one attached hydrogen (secondary N) is 2. The van der Waals surface area contributed by atoms with Crippen molar-refractivity contribution in [1.82, 2.24) is 20.4 Å². The van der Waals surface area contributed by atoms with Crippen molar-refractivity contribution in [3.63, 3.8) is 0 Å². The molecule has 1 aliphatic rings. The maximum absolute atomic E-state index is 4.87. The monoisotopic (exact) mass is 515 g/mol. The maximum Gasteiger partial charge on any atom is 0.191 e. The molecule has 166 valence electrons. The van der Waals surface area contributed by atoms with E-state index in [-0.39, 0.29) is 30.0 Å². The minimum absolute atomic E-state index is 0. The van der Waals surface area contributed by atoms with Crippen LogP contribution in [0.1, 0.15) is 51.8 Å². The number of aliphatic imine (C=N–C) groups is 1. The Morgan fingerprint density at radius 1 is 1.03 bits per heavy atom. The summed E-state index contributed by atoms with van der Waals surface area (Å²) in [5.74, 6) is 1.60. The highest BCUT2D eigenvalue weighted by Gasteiger charge is 2.19. The van der Waals surface area contributed by atoms with Crippen LogP contribution >= 0.6 is 24.0 Å².